The molecule has 1 N–H and O–H groups in total. The molecule has 2 radical (unpaired) electrons. The maximum absolute atomic E-state index is 12.7. The van der Waals surface area contributed by atoms with Crippen molar-refractivity contribution in [3.05, 3.63) is 34.9 Å². The van der Waals surface area contributed by atoms with Gasteiger partial charge < -0.3 is 5.32 Å². The number of aryl methyl sites for hydroxylation is 1. The highest BCUT2D eigenvalue weighted by Gasteiger charge is 2.22. The number of carbonyl (C=O) groups excluding carboxylic acids is 1. The minimum absolute atomic E-state index is 0.0733. The molecule has 1 aromatic rings. The van der Waals surface area contributed by atoms with Crippen LogP contribution in [0.2, 0.25) is 5.82 Å². The standard InChI is InChI=1S/C23H31BN2O/c24-21-10-6-9-19-13-17(11-12-20(19)15-21)14-22(16-25)26-23(27)18-7-4-2-1-3-5-8-18/h11-13,18,21-22H,1-10,14-15H2,(H,26,27). The van der Waals surface area contributed by atoms with Crippen molar-refractivity contribution in [1.82, 2.24) is 5.32 Å². The molecule has 2 aliphatic carbocycles. The topological polar surface area (TPSA) is 52.9 Å². The summed E-state index contributed by atoms with van der Waals surface area (Å²) in [6.07, 6.45) is 12.7. The first-order chi connectivity index (χ1) is 13.2. The minimum atomic E-state index is -0.450. The number of hydrogen-bond donors (Lipinski definition) is 1. The van der Waals surface area contributed by atoms with Gasteiger partial charge in [-0.15, -0.1) is 0 Å². The molecule has 0 bridgehead atoms. The molecule has 1 fully saturated rings. The SMILES string of the molecule is [B]C1CCCc2cc(CC(C#N)NC(=O)C3CCCCCCC3)ccc2C1. The molecule has 0 aliphatic heterocycles. The number of rotatable bonds is 4. The van der Waals surface area contributed by atoms with E-state index in [1.807, 2.05) is 0 Å². The molecule has 2 unspecified atom stereocenters. The Bertz CT molecular complexity index is 673. The van der Waals surface area contributed by atoms with E-state index in [0.717, 1.165) is 56.9 Å². The van der Waals surface area contributed by atoms with Gasteiger partial charge >= 0.3 is 0 Å². The van der Waals surface area contributed by atoms with Crippen LogP contribution in [0.1, 0.15) is 74.5 Å². The van der Waals surface area contributed by atoms with Crippen molar-refractivity contribution in [3.8, 4) is 6.07 Å². The summed E-state index contributed by atoms with van der Waals surface area (Å²) in [6, 6.07) is 8.34. The zero-order chi connectivity index (χ0) is 19.1. The molecule has 4 heteroatoms. The van der Waals surface area contributed by atoms with Crippen LogP contribution in [-0.2, 0) is 24.1 Å². The van der Waals surface area contributed by atoms with Crippen molar-refractivity contribution in [2.75, 3.05) is 0 Å². The molecular weight excluding hydrogens is 331 g/mol. The summed E-state index contributed by atoms with van der Waals surface area (Å²) < 4.78 is 0. The summed E-state index contributed by atoms with van der Waals surface area (Å²) in [4.78, 5) is 12.7. The molecule has 3 rings (SSSR count). The van der Waals surface area contributed by atoms with Crippen LogP contribution in [0.5, 0.6) is 0 Å². The lowest BCUT2D eigenvalue weighted by atomic mass is 9.80. The van der Waals surface area contributed by atoms with Gasteiger partial charge in [0.2, 0.25) is 5.91 Å². The molecule has 0 spiro atoms. The Morgan fingerprint density at radius 3 is 2.59 bits per heavy atom. The molecule has 1 aromatic carbocycles. The van der Waals surface area contributed by atoms with Gasteiger partial charge in [0.05, 0.1) is 13.9 Å². The zero-order valence-electron chi connectivity index (χ0n) is 16.4. The maximum Gasteiger partial charge on any atom is 0.224 e. The number of carbonyl (C=O) groups is 1. The van der Waals surface area contributed by atoms with Gasteiger partial charge in [-0.05, 0) is 48.8 Å². The third-order valence-corrected chi connectivity index (χ3v) is 6.16. The van der Waals surface area contributed by atoms with Gasteiger partial charge in [0.15, 0.2) is 0 Å². The smallest absolute Gasteiger partial charge is 0.224 e. The van der Waals surface area contributed by atoms with Crippen molar-refractivity contribution in [3.63, 3.8) is 0 Å². The molecule has 2 atom stereocenters. The number of benzene rings is 1. The second-order valence-electron chi connectivity index (χ2n) is 8.40. The fraction of sp³-hybridized carbons (Fsp3) is 0.652. The second kappa shape index (κ2) is 9.97. The molecule has 27 heavy (non-hydrogen) atoms. The van der Waals surface area contributed by atoms with Crippen molar-refractivity contribution < 1.29 is 4.79 Å². The Labute approximate surface area is 165 Å². The Balaban J connectivity index is 1.60. The monoisotopic (exact) mass is 362 g/mol. The number of hydrogen-bond acceptors (Lipinski definition) is 2. The lowest BCUT2D eigenvalue weighted by molar-refractivity contribution is -0.126. The van der Waals surface area contributed by atoms with Crippen LogP contribution in [0.15, 0.2) is 18.2 Å². The van der Waals surface area contributed by atoms with E-state index < -0.39 is 6.04 Å². The number of nitrogens with one attached hydrogen (secondary N) is 1. The quantitative estimate of drug-likeness (QED) is 0.636. The van der Waals surface area contributed by atoms with Gasteiger partial charge in [-0.1, -0.05) is 62.5 Å². The van der Waals surface area contributed by atoms with Crippen molar-refractivity contribution in [1.29, 1.82) is 5.26 Å². The second-order valence-corrected chi connectivity index (χ2v) is 8.40. The predicted molar refractivity (Wildman–Crippen MR) is 110 cm³/mol. The molecule has 1 amide bonds. The average molecular weight is 362 g/mol. The Kier molecular flexibility index (Phi) is 7.38. The Morgan fingerprint density at radius 2 is 1.85 bits per heavy atom. The lowest BCUT2D eigenvalue weighted by Crippen LogP contribution is -2.39. The number of amides is 1. The van der Waals surface area contributed by atoms with E-state index in [9.17, 15) is 10.1 Å². The molecule has 0 saturated heterocycles. The largest absolute Gasteiger partial charge is 0.340 e. The van der Waals surface area contributed by atoms with Crippen LogP contribution < -0.4 is 5.32 Å². The number of nitriles is 1. The Morgan fingerprint density at radius 1 is 1.11 bits per heavy atom. The Hall–Kier alpha value is -1.76. The lowest BCUT2D eigenvalue weighted by Gasteiger charge is -2.21. The summed E-state index contributed by atoms with van der Waals surface area (Å²) in [5.41, 5.74) is 3.84. The van der Waals surface area contributed by atoms with E-state index in [1.54, 1.807) is 0 Å². The first-order valence-corrected chi connectivity index (χ1v) is 10.7. The number of nitrogens with zero attached hydrogens (tertiary/aromatic N) is 1. The van der Waals surface area contributed by atoms with Crippen LogP contribution in [0, 0.1) is 17.2 Å². The highest BCUT2D eigenvalue weighted by Crippen LogP contribution is 2.27. The van der Waals surface area contributed by atoms with Crippen molar-refractivity contribution in [2.24, 2.45) is 5.92 Å². The highest BCUT2D eigenvalue weighted by atomic mass is 16.1. The van der Waals surface area contributed by atoms with Crippen LogP contribution in [-0.4, -0.2) is 19.8 Å². The van der Waals surface area contributed by atoms with E-state index in [1.165, 1.54) is 30.4 Å². The molecule has 0 aromatic heterocycles. The van der Waals surface area contributed by atoms with E-state index >= 15 is 0 Å². The molecule has 3 nitrogen and oxygen atoms in total. The van der Waals surface area contributed by atoms with Crippen LogP contribution in [0.3, 0.4) is 0 Å². The van der Waals surface area contributed by atoms with E-state index in [0.29, 0.717) is 6.42 Å². The fourth-order valence-electron chi connectivity index (χ4n) is 4.55. The normalized spacial score (nSPS) is 22.4. The third kappa shape index (κ3) is 5.86. The zero-order valence-corrected chi connectivity index (χ0v) is 16.4. The summed E-state index contributed by atoms with van der Waals surface area (Å²) in [5, 5.41) is 12.6. The fourth-order valence-corrected chi connectivity index (χ4v) is 4.55. The van der Waals surface area contributed by atoms with Gasteiger partial charge in [-0.25, -0.2) is 0 Å². The number of fused-ring (bicyclic) bond motifs is 1. The maximum atomic E-state index is 12.7. The van der Waals surface area contributed by atoms with E-state index in [4.69, 9.17) is 7.85 Å². The summed E-state index contributed by atoms with van der Waals surface area (Å²) in [7, 11) is 6.15. The van der Waals surface area contributed by atoms with Crippen molar-refractivity contribution >= 4 is 13.8 Å². The first-order valence-electron chi connectivity index (χ1n) is 10.7. The summed E-state index contributed by atoms with van der Waals surface area (Å²) in [5.74, 6) is 0.408. The van der Waals surface area contributed by atoms with E-state index in [2.05, 4.69) is 29.6 Å². The third-order valence-electron chi connectivity index (χ3n) is 6.16. The van der Waals surface area contributed by atoms with Crippen molar-refractivity contribution in [2.45, 2.75) is 88.9 Å². The van der Waals surface area contributed by atoms with Gasteiger partial charge in [-0.3, -0.25) is 4.79 Å². The average Bonchev–Trinajstić information content (AvgIpc) is 2.81. The molecule has 142 valence electrons. The van der Waals surface area contributed by atoms with Crippen LogP contribution in [0.4, 0.5) is 0 Å². The van der Waals surface area contributed by atoms with Gasteiger partial charge in [0.1, 0.15) is 6.04 Å². The molecule has 1 saturated carbocycles. The highest BCUT2D eigenvalue weighted by molar-refractivity contribution is 6.11. The summed E-state index contributed by atoms with van der Waals surface area (Å²) >= 11 is 0. The minimum Gasteiger partial charge on any atom is -0.340 e. The van der Waals surface area contributed by atoms with Gasteiger partial charge in [0.25, 0.3) is 0 Å². The molecular formula is C23H31BN2O. The van der Waals surface area contributed by atoms with Crippen LogP contribution in [0.25, 0.3) is 0 Å². The summed E-state index contributed by atoms with van der Waals surface area (Å²) in [6.45, 7) is 0. The van der Waals surface area contributed by atoms with Gasteiger partial charge in [-0.2, -0.15) is 5.26 Å². The first kappa shape index (κ1) is 20.0. The van der Waals surface area contributed by atoms with Gasteiger partial charge in [0, 0.05) is 12.3 Å². The van der Waals surface area contributed by atoms with Crippen LogP contribution >= 0.6 is 0 Å². The molecule has 2 aliphatic rings. The van der Waals surface area contributed by atoms with E-state index in [-0.39, 0.29) is 17.6 Å². The molecule has 0 heterocycles. The predicted octanol–water partition coefficient (Wildman–Crippen LogP) is 4.43.